The van der Waals surface area contributed by atoms with E-state index in [0.717, 1.165) is 5.56 Å². The lowest BCUT2D eigenvalue weighted by Crippen LogP contribution is -2.02. The van der Waals surface area contributed by atoms with Crippen molar-refractivity contribution in [3.63, 3.8) is 0 Å². The van der Waals surface area contributed by atoms with E-state index in [-0.39, 0.29) is 17.1 Å². The first-order chi connectivity index (χ1) is 12.2. The lowest BCUT2D eigenvalue weighted by Gasteiger charge is -2.07. The van der Waals surface area contributed by atoms with Gasteiger partial charge in [0.05, 0.1) is 5.56 Å². The van der Waals surface area contributed by atoms with E-state index >= 15 is 0 Å². The molecular formula is C22H18O3. The summed E-state index contributed by atoms with van der Waals surface area (Å²) in [6.45, 7) is 0.375. The highest BCUT2D eigenvalue weighted by atomic mass is 16.5. The van der Waals surface area contributed by atoms with Gasteiger partial charge in [-0.1, -0.05) is 66.7 Å². The fourth-order valence-corrected chi connectivity index (χ4v) is 2.43. The first-order valence-electron chi connectivity index (χ1n) is 8.01. The van der Waals surface area contributed by atoms with Crippen molar-refractivity contribution < 1.29 is 14.6 Å². The number of phenolic OH excluding ortho intramolecular Hbond substituents is 1. The number of benzene rings is 3. The SMILES string of the molecule is O=C(c1ccccc1)c1ccc(OCC=Cc2ccccc2)cc1O. The lowest BCUT2D eigenvalue weighted by atomic mass is 10.0. The molecule has 0 saturated heterocycles. The van der Waals surface area contributed by atoms with Crippen molar-refractivity contribution in [3.05, 3.63) is 102 Å². The van der Waals surface area contributed by atoms with Crippen LogP contribution in [0.2, 0.25) is 0 Å². The molecule has 0 aliphatic rings. The van der Waals surface area contributed by atoms with Gasteiger partial charge < -0.3 is 9.84 Å². The van der Waals surface area contributed by atoms with Crippen LogP contribution in [0.4, 0.5) is 0 Å². The summed E-state index contributed by atoms with van der Waals surface area (Å²) in [7, 11) is 0. The van der Waals surface area contributed by atoms with Gasteiger partial charge >= 0.3 is 0 Å². The van der Waals surface area contributed by atoms with Crippen LogP contribution in [0.25, 0.3) is 6.08 Å². The van der Waals surface area contributed by atoms with Gasteiger partial charge in [-0.15, -0.1) is 0 Å². The van der Waals surface area contributed by atoms with Gasteiger partial charge in [0.2, 0.25) is 0 Å². The Morgan fingerprint density at radius 1 is 0.920 bits per heavy atom. The molecule has 0 aliphatic heterocycles. The third-order valence-electron chi connectivity index (χ3n) is 3.71. The zero-order valence-electron chi connectivity index (χ0n) is 13.6. The Labute approximate surface area is 146 Å². The summed E-state index contributed by atoms with van der Waals surface area (Å²) in [6.07, 6.45) is 3.86. The smallest absolute Gasteiger partial charge is 0.196 e. The largest absolute Gasteiger partial charge is 0.507 e. The predicted molar refractivity (Wildman–Crippen MR) is 99.0 cm³/mol. The van der Waals surface area contributed by atoms with E-state index in [0.29, 0.717) is 17.9 Å². The Morgan fingerprint density at radius 2 is 1.60 bits per heavy atom. The molecule has 0 heterocycles. The van der Waals surface area contributed by atoms with Crippen molar-refractivity contribution >= 4 is 11.9 Å². The molecule has 0 saturated carbocycles. The maximum Gasteiger partial charge on any atom is 0.196 e. The van der Waals surface area contributed by atoms with E-state index in [1.54, 1.807) is 36.4 Å². The van der Waals surface area contributed by atoms with Crippen LogP contribution in [0.5, 0.6) is 11.5 Å². The van der Waals surface area contributed by atoms with Crippen LogP contribution < -0.4 is 4.74 Å². The fourth-order valence-electron chi connectivity index (χ4n) is 2.43. The van der Waals surface area contributed by atoms with Gasteiger partial charge in [0.25, 0.3) is 0 Å². The predicted octanol–water partition coefficient (Wildman–Crippen LogP) is 4.72. The van der Waals surface area contributed by atoms with Gasteiger partial charge in [-0.05, 0) is 23.8 Å². The summed E-state index contributed by atoms with van der Waals surface area (Å²) in [5.41, 5.74) is 1.90. The molecule has 0 amide bonds. The second kappa shape index (κ2) is 7.97. The molecule has 0 bridgehead atoms. The normalized spacial score (nSPS) is 10.7. The molecule has 0 radical (unpaired) electrons. The minimum absolute atomic E-state index is 0.0848. The molecule has 3 nitrogen and oxygen atoms in total. The van der Waals surface area contributed by atoms with Crippen LogP contribution in [-0.4, -0.2) is 17.5 Å². The third-order valence-corrected chi connectivity index (χ3v) is 3.71. The maximum atomic E-state index is 12.4. The van der Waals surface area contributed by atoms with E-state index in [1.807, 2.05) is 48.6 Å². The molecule has 0 aliphatic carbocycles. The van der Waals surface area contributed by atoms with E-state index in [2.05, 4.69) is 0 Å². The average Bonchev–Trinajstić information content (AvgIpc) is 2.66. The van der Waals surface area contributed by atoms with Crippen molar-refractivity contribution in [2.24, 2.45) is 0 Å². The van der Waals surface area contributed by atoms with Crippen molar-refractivity contribution in [3.8, 4) is 11.5 Å². The summed E-state index contributed by atoms with van der Waals surface area (Å²) in [5, 5.41) is 10.1. The number of hydrogen-bond acceptors (Lipinski definition) is 3. The average molecular weight is 330 g/mol. The van der Waals surface area contributed by atoms with Crippen molar-refractivity contribution in [1.29, 1.82) is 0 Å². The molecule has 25 heavy (non-hydrogen) atoms. The number of hydrogen-bond donors (Lipinski definition) is 1. The minimum Gasteiger partial charge on any atom is -0.507 e. The van der Waals surface area contributed by atoms with Crippen LogP contribution in [0.1, 0.15) is 21.5 Å². The second-order valence-electron chi connectivity index (χ2n) is 5.50. The molecule has 3 aromatic rings. The topological polar surface area (TPSA) is 46.5 Å². The van der Waals surface area contributed by atoms with Crippen LogP contribution >= 0.6 is 0 Å². The van der Waals surface area contributed by atoms with E-state index in [4.69, 9.17) is 4.74 Å². The van der Waals surface area contributed by atoms with Gasteiger partial charge in [-0.3, -0.25) is 4.79 Å². The first-order valence-corrected chi connectivity index (χ1v) is 8.01. The summed E-state index contributed by atoms with van der Waals surface area (Å²) >= 11 is 0. The lowest BCUT2D eigenvalue weighted by molar-refractivity contribution is 0.103. The van der Waals surface area contributed by atoms with Crippen LogP contribution in [0, 0.1) is 0 Å². The van der Waals surface area contributed by atoms with Crippen molar-refractivity contribution in [1.82, 2.24) is 0 Å². The molecule has 124 valence electrons. The Hall–Kier alpha value is -3.33. The highest BCUT2D eigenvalue weighted by Crippen LogP contribution is 2.26. The number of ether oxygens (including phenoxy) is 1. The first kappa shape index (κ1) is 16.5. The van der Waals surface area contributed by atoms with Crippen molar-refractivity contribution in [2.75, 3.05) is 6.61 Å². The molecule has 0 atom stereocenters. The number of aromatic hydroxyl groups is 1. The summed E-state index contributed by atoms with van der Waals surface area (Å²) in [6, 6.07) is 23.5. The molecule has 0 unspecified atom stereocenters. The van der Waals surface area contributed by atoms with Crippen LogP contribution in [0.15, 0.2) is 84.9 Å². The highest BCUT2D eigenvalue weighted by molar-refractivity contribution is 6.10. The molecule has 3 rings (SSSR count). The van der Waals surface area contributed by atoms with E-state index in [9.17, 15) is 9.90 Å². The summed E-state index contributed by atoms with van der Waals surface area (Å²) in [5.74, 6) is 0.215. The Morgan fingerprint density at radius 3 is 2.28 bits per heavy atom. The molecular weight excluding hydrogens is 312 g/mol. The second-order valence-corrected chi connectivity index (χ2v) is 5.50. The van der Waals surface area contributed by atoms with Gasteiger partial charge in [-0.2, -0.15) is 0 Å². The van der Waals surface area contributed by atoms with Crippen molar-refractivity contribution in [2.45, 2.75) is 0 Å². The molecule has 0 aromatic heterocycles. The minimum atomic E-state index is -0.214. The number of ketones is 1. The summed E-state index contributed by atoms with van der Waals surface area (Å²) in [4.78, 5) is 12.4. The van der Waals surface area contributed by atoms with Gasteiger partial charge in [0.1, 0.15) is 18.1 Å². The Bertz CT molecular complexity index is 868. The Kier molecular flexibility index (Phi) is 5.27. The summed E-state index contributed by atoms with van der Waals surface area (Å²) < 4.78 is 5.59. The molecule has 3 aromatic carbocycles. The molecule has 0 spiro atoms. The monoisotopic (exact) mass is 330 g/mol. The van der Waals surface area contributed by atoms with Gasteiger partial charge in [0.15, 0.2) is 5.78 Å². The maximum absolute atomic E-state index is 12.4. The number of rotatable bonds is 6. The van der Waals surface area contributed by atoms with Gasteiger partial charge in [0, 0.05) is 11.6 Å². The quantitative estimate of drug-likeness (QED) is 0.666. The van der Waals surface area contributed by atoms with Crippen LogP contribution in [-0.2, 0) is 0 Å². The zero-order valence-corrected chi connectivity index (χ0v) is 13.6. The van der Waals surface area contributed by atoms with E-state index in [1.165, 1.54) is 6.07 Å². The fraction of sp³-hybridized carbons (Fsp3) is 0.0455. The van der Waals surface area contributed by atoms with E-state index < -0.39 is 0 Å². The number of phenols is 1. The molecule has 1 N–H and O–H groups in total. The molecule has 3 heteroatoms. The van der Waals surface area contributed by atoms with Crippen LogP contribution in [0.3, 0.4) is 0 Å². The Balaban J connectivity index is 1.64. The number of carbonyl (C=O) groups is 1. The third kappa shape index (κ3) is 4.36. The molecule has 0 fully saturated rings. The highest BCUT2D eigenvalue weighted by Gasteiger charge is 2.13. The zero-order chi connectivity index (χ0) is 17.5. The van der Waals surface area contributed by atoms with Gasteiger partial charge in [-0.25, -0.2) is 0 Å². The number of carbonyl (C=O) groups excluding carboxylic acids is 1. The standard InChI is InChI=1S/C22H18O3/c23-21-16-19(25-15-7-10-17-8-3-1-4-9-17)13-14-20(21)22(24)18-11-5-2-6-12-18/h1-14,16,23H,15H2.